The maximum Gasteiger partial charge on any atom is 0.742 e. The Hall–Kier alpha value is -2.15. The molecule has 0 fully saturated rings. The first kappa shape index (κ1) is 11.9. The second kappa shape index (κ2) is 5.66. The highest BCUT2D eigenvalue weighted by Crippen LogP contribution is 2.07. The van der Waals surface area contributed by atoms with Gasteiger partial charge in [-0.25, -0.2) is 0 Å². The first-order chi connectivity index (χ1) is 7.79. The molecule has 0 N–H and O–H groups in total. The average Bonchev–Trinajstić information content (AvgIpc) is 2.31. The molecule has 0 saturated carbocycles. The third-order valence-electron chi connectivity index (χ3n) is 1.74. The first-order valence-electron chi connectivity index (χ1n) is 4.19. The van der Waals surface area contributed by atoms with Crippen LogP contribution in [-0.4, -0.2) is 28.2 Å². The maximum absolute atomic E-state index is 10.4. The van der Waals surface area contributed by atoms with Crippen molar-refractivity contribution in [3.8, 4) is 0 Å². The van der Waals surface area contributed by atoms with Gasteiger partial charge in [-0.2, -0.15) is 0 Å². The molecule has 0 atom stereocenters. The van der Waals surface area contributed by atoms with Crippen LogP contribution in [0.2, 0.25) is 0 Å². The molecule has 0 aliphatic rings. The van der Waals surface area contributed by atoms with Crippen LogP contribution < -0.4 is 5.19 Å². The topological polar surface area (TPSA) is 78.9 Å². The van der Waals surface area contributed by atoms with Gasteiger partial charge in [-0.3, -0.25) is 14.4 Å². The SMILES string of the molecule is O=CO[Si](OC=O)(OC=O)c1ccccc1. The Labute approximate surface area is 92.1 Å². The molecule has 0 saturated heterocycles. The second-order valence-electron chi connectivity index (χ2n) is 2.56. The summed E-state index contributed by atoms with van der Waals surface area (Å²) in [6.45, 7) is 0.227. The lowest BCUT2D eigenvalue weighted by molar-refractivity contribution is -0.133. The molecule has 0 aliphatic carbocycles. The van der Waals surface area contributed by atoms with Gasteiger partial charge in [0.05, 0.1) is 5.19 Å². The van der Waals surface area contributed by atoms with Gasteiger partial charge >= 0.3 is 8.80 Å². The Kier molecular flexibility index (Phi) is 4.22. The van der Waals surface area contributed by atoms with Gasteiger partial charge in [0.15, 0.2) is 0 Å². The first-order valence-corrected chi connectivity index (χ1v) is 5.91. The van der Waals surface area contributed by atoms with Gasteiger partial charge in [0.25, 0.3) is 19.4 Å². The van der Waals surface area contributed by atoms with E-state index in [-0.39, 0.29) is 19.4 Å². The zero-order valence-corrected chi connectivity index (χ0v) is 9.07. The third kappa shape index (κ3) is 2.45. The Morgan fingerprint density at radius 1 is 0.812 bits per heavy atom. The smallest absolute Gasteiger partial charge is 0.454 e. The van der Waals surface area contributed by atoms with Crippen molar-refractivity contribution >= 4 is 33.4 Å². The van der Waals surface area contributed by atoms with Gasteiger partial charge in [0.2, 0.25) is 0 Å². The van der Waals surface area contributed by atoms with Crippen LogP contribution >= 0.6 is 0 Å². The molecule has 0 spiro atoms. The monoisotopic (exact) mass is 240 g/mol. The fourth-order valence-corrected chi connectivity index (χ4v) is 2.68. The van der Waals surface area contributed by atoms with Crippen molar-refractivity contribution in [3.05, 3.63) is 30.3 Å². The van der Waals surface area contributed by atoms with Crippen molar-refractivity contribution in [1.82, 2.24) is 0 Å². The van der Waals surface area contributed by atoms with Gasteiger partial charge in [0.1, 0.15) is 0 Å². The highest BCUT2D eigenvalue weighted by atomic mass is 28.4. The van der Waals surface area contributed by atoms with E-state index in [0.717, 1.165) is 0 Å². The summed E-state index contributed by atoms with van der Waals surface area (Å²) >= 11 is 0. The van der Waals surface area contributed by atoms with Crippen LogP contribution in [0.4, 0.5) is 0 Å². The van der Waals surface area contributed by atoms with Gasteiger partial charge in [-0.15, -0.1) is 0 Å². The minimum Gasteiger partial charge on any atom is -0.454 e. The third-order valence-corrected chi connectivity index (χ3v) is 4.00. The quantitative estimate of drug-likeness (QED) is 0.465. The summed E-state index contributed by atoms with van der Waals surface area (Å²) in [6.07, 6.45) is 0. The summed E-state index contributed by atoms with van der Waals surface area (Å²) in [5, 5.41) is 0.335. The summed E-state index contributed by atoms with van der Waals surface area (Å²) in [4.78, 5) is 31.1. The molecule has 0 aliphatic heterocycles. The van der Waals surface area contributed by atoms with Crippen molar-refractivity contribution < 1.29 is 27.7 Å². The maximum atomic E-state index is 10.4. The Bertz CT molecular complexity index is 339. The van der Waals surface area contributed by atoms with Crippen LogP contribution in [-0.2, 0) is 27.7 Å². The van der Waals surface area contributed by atoms with Crippen LogP contribution in [0.5, 0.6) is 0 Å². The number of carbonyl (C=O) groups is 3. The molecule has 1 rings (SSSR count). The van der Waals surface area contributed by atoms with Crippen molar-refractivity contribution in [3.63, 3.8) is 0 Å². The molecule has 7 heteroatoms. The van der Waals surface area contributed by atoms with Crippen LogP contribution in [0, 0.1) is 0 Å². The van der Waals surface area contributed by atoms with Crippen molar-refractivity contribution in [2.45, 2.75) is 0 Å². The van der Waals surface area contributed by atoms with E-state index in [1.165, 1.54) is 12.1 Å². The summed E-state index contributed by atoms with van der Waals surface area (Å²) in [6, 6.07) is 8.04. The molecule has 1 aromatic carbocycles. The number of carbonyl (C=O) groups excluding carboxylic acids is 3. The van der Waals surface area contributed by atoms with E-state index >= 15 is 0 Å². The lowest BCUT2D eigenvalue weighted by Crippen LogP contribution is -2.56. The van der Waals surface area contributed by atoms with Gasteiger partial charge in [-0.1, -0.05) is 30.3 Å². The van der Waals surface area contributed by atoms with Crippen molar-refractivity contribution in [2.24, 2.45) is 0 Å². The van der Waals surface area contributed by atoms with Gasteiger partial charge in [-0.05, 0) is 0 Å². The summed E-state index contributed by atoms with van der Waals surface area (Å²) < 4.78 is 13.9. The fraction of sp³-hybridized carbons (Fsp3) is 0. The van der Waals surface area contributed by atoms with E-state index in [1.54, 1.807) is 18.2 Å². The van der Waals surface area contributed by atoms with E-state index in [1.807, 2.05) is 0 Å². The van der Waals surface area contributed by atoms with Crippen LogP contribution in [0.1, 0.15) is 0 Å². The highest BCUT2D eigenvalue weighted by Gasteiger charge is 2.51. The van der Waals surface area contributed by atoms with Crippen LogP contribution in [0.15, 0.2) is 30.3 Å². The largest absolute Gasteiger partial charge is 0.742 e. The normalized spacial score (nSPS) is 10.0. The highest BCUT2D eigenvalue weighted by molar-refractivity contribution is 6.78. The minimum atomic E-state index is -3.78. The molecule has 0 radical (unpaired) electrons. The average molecular weight is 240 g/mol. The Balaban J connectivity index is 3.13. The van der Waals surface area contributed by atoms with Crippen molar-refractivity contribution in [1.29, 1.82) is 0 Å². The summed E-state index contributed by atoms with van der Waals surface area (Å²) in [5.41, 5.74) is 0. The lowest BCUT2D eigenvalue weighted by atomic mass is 10.4. The van der Waals surface area contributed by atoms with E-state index in [9.17, 15) is 14.4 Å². The molecule has 84 valence electrons. The molecular weight excluding hydrogens is 232 g/mol. The van der Waals surface area contributed by atoms with Crippen LogP contribution in [0.25, 0.3) is 0 Å². The molecule has 16 heavy (non-hydrogen) atoms. The van der Waals surface area contributed by atoms with E-state index in [0.29, 0.717) is 5.19 Å². The molecule has 0 heterocycles. The van der Waals surface area contributed by atoms with Crippen LogP contribution in [0.3, 0.4) is 0 Å². The predicted molar refractivity (Wildman–Crippen MR) is 53.3 cm³/mol. The number of rotatable bonds is 7. The van der Waals surface area contributed by atoms with E-state index in [2.05, 4.69) is 13.3 Å². The summed E-state index contributed by atoms with van der Waals surface area (Å²) in [5.74, 6) is 0. The number of benzene rings is 1. The standard InChI is InChI=1S/C9H8O6Si/c10-6-13-16(14-7-11,15-8-12)9-4-2-1-3-5-9/h1-8H. The second-order valence-corrected chi connectivity index (χ2v) is 4.96. The number of hydrogen-bond donors (Lipinski definition) is 0. The molecule has 1 aromatic rings. The van der Waals surface area contributed by atoms with E-state index < -0.39 is 8.80 Å². The predicted octanol–water partition coefficient (Wildman–Crippen LogP) is -0.649. The molecule has 0 bridgehead atoms. The number of hydrogen-bond acceptors (Lipinski definition) is 6. The molecule has 6 nitrogen and oxygen atoms in total. The molecule has 0 unspecified atom stereocenters. The Morgan fingerprint density at radius 2 is 1.25 bits per heavy atom. The molecule has 0 aromatic heterocycles. The summed E-state index contributed by atoms with van der Waals surface area (Å²) in [7, 11) is -3.78. The zero-order chi connectivity index (χ0) is 11.9. The molecular formula is C9H8O6Si. The minimum absolute atomic E-state index is 0.0756. The van der Waals surface area contributed by atoms with Gasteiger partial charge < -0.3 is 13.3 Å². The van der Waals surface area contributed by atoms with Crippen molar-refractivity contribution in [2.75, 3.05) is 0 Å². The zero-order valence-electron chi connectivity index (χ0n) is 8.07. The Morgan fingerprint density at radius 3 is 1.62 bits per heavy atom. The van der Waals surface area contributed by atoms with Gasteiger partial charge in [0, 0.05) is 0 Å². The molecule has 0 amide bonds. The lowest BCUT2D eigenvalue weighted by Gasteiger charge is -2.21. The fourth-order valence-electron chi connectivity index (χ4n) is 1.12. The van der Waals surface area contributed by atoms with E-state index in [4.69, 9.17) is 0 Å².